The number of benzene rings is 2. The second-order valence-electron chi connectivity index (χ2n) is 5.87. The molecule has 0 aliphatic heterocycles. The van der Waals surface area contributed by atoms with Gasteiger partial charge in [0, 0.05) is 23.9 Å². The normalized spacial score (nSPS) is 11.6. The van der Waals surface area contributed by atoms with Gasteiger partial charge in [-0.1, -0.05) is 41.9 Å². The number of amides is 1. The molecule has 26 heavy (non-hydrogen) atoms. The number of anilines is 2. The van der Waals surface area contributed by atoms with Crippen molar-refractivity contribution in [3.05, 3.63) is 94.4 Å². The summed E-state index contributed by atoms with van der Waals surface area (Å²) in [6.07, 6.45) is 2.56. The van der Waals surface area contributed by atoms with E-state index < -0.39 is 0 Å². The third kappa shape index (κ3) is 4.32. The molecule has 0 radical (unpaired) electrons. The van der Waals surface area contributed by atoms with Crippen molar-refractivity contribution in [1.29, 1.82) is 0 Å². The van der Waals surface area contributed by atoms with E-state index in [1.54, 1.807) is 12.1 Å². The molecule has 1 amide bonds. The minimum atomic E-state index is -0.306. The molecule has 0 spiro atoms. The lowest BCUT2D eigenvalue weighted by molar-refractivity contribution is -0.605. The maximum atomic E-state index is 12.2. The molecule has 6 heteroatoms. The van der Waals surface area contributed by atoms with Crippen LogP contribution in [-0.4, -0.2) is 5.91 Å². The van der Waals surface area contributed by atoms with E-state index in [2.05, 4.69) is 17.6 Å². The number of nitrogens with zero attached hydrogens (tertiary/aromatic N) is 1. The van der Waals surface area contributed by atoms with Crippen molar-refractivity contribution in [1.82, 2.24) is 0 Å². The maximum Gasteiger partial charge on any atom is 0.256 e. The SMILES string of the molecule is CC(Nc1ccc(NC(=O)c2cc[n+]([O-])cc2)cc1Cl)c1ccccc1. The molecule has 3 aromatic rings. The zero-order chi connectivity index (χ0) is 18.5. The van der Waals surface area contributed by atoms with E-state index in [0.29, 0.717) is 21.0 Å². The average molecular weight is 368 g/mol. The molecule has 0 saturated carbocycles. The Morgan fingerprint density at radius 1 is 1.08 bits per heavy atom. The maximum absolute atomic E-state index is 12.2. The molecule has 1 heterocycles. The molecule has 2 aromatic carbocycles. The fourth-order valence-corrected chi connectivity index (χ4v) is 2.77. The Balaban J connectivity index is 1.69. The molecule has 1 atom stereocenters. The number of halogens is 1. The second-order valence-corrected chi connectivity index (χ2v) is 6.28. The number of hydrogen-bond donors (Lipinski definition) is 2. The molecular weight excluding hydrogens is 350 g/mol. The number of carbonyl (C=O) groups is 1. The fraction of sp³-hybridized carbons (Fsp3) is 0.100. The number of carbonyl (C=O) groups excluding carboxylic acids is 1. The van der Waals surface area contributed by atoms with Gasteiger partial charge in [0.05, 0.1) is 16.3 Å². The van der Waals surface area contributed by atoms with Crippen LogP contribution in [0.2, 0.25) is 5.02 Å². The van der Waals surface area contributed by atoms with Gasteiger partial charge in [-0.3, -0.25) is 4.79 Å². The summed E-state index contributed by atoms with van der Waals surface area (Å²) in [6, 6.07) is 18.4. The van der Waals surface area contributed by atoms with Gasteiger partial charge in [0.1, 0.15) is 0 Å². The molecular formula is C20H18ClN3O2. The molecule has 1 unspecified atom stereocenters. The monoisotopic (exact) mass is 367 g/mol. The summed E-state index contributed by atoms with van der Waals surface area (Å²) < 4.78 is 0.627. The molecule has 1 aromatic heterocycles. The van der Waals surface area contributed by atoms with Crippen LogP contribution in [0, 0.1) is 5.21 Å². The van der Waals surface area contributed by atoms with Gasteiger partial charge in [0.2, 0.25) is 0 Å². The van der Waals surface area contributed by atoms with Crippen LogP contribution < -0.4 is 15.4 Å². The number of pyridine rings is 1. The molecule has 0 fully saturated rings. The van der Waals surface area contributed by atoms with Crippen molar-refractivity contribution in [3.8, 4) is 0 Å². The molecule has 0 aliphatic carbocycles. The highest BCUT2D eigenvalue weighted by molar-refractivity contribution is 6.33. The summed E-state index contributed by atoms with van der Waals surface area (Å²) in [5.41, 5.74) is 2.92. The van der Waals surface area contributed by atoms with Crippen molar-refractivity contribution < 1.29 is 9.52 Å². The van der Waals surface area contributed by atoms with Gasteiger partial charge in [0.25, 0.3) is 5.91 Å². The van der Waals surface area contributed by atoms with Crippen LogP contribution >= 0.6 is 11.6 Å². The number of nitrogens with one attached hydrogen (secondary N) is 2. The Morgan fingerprint density at radius 2 is 1.77 bits per heavy atom. The van der Waals surface area contributed by atoms with Crippen LogP contribution in [0.25, 0.3) is 0 Å². The van der Waals surface area contributed by atoms with Crippen molar-refractivity contribution in [2.45, 2.75) is 13.0 Å². The summed E-state index contributed by atoms with van der Waals surface area (Å²) >= 11 is 6.35. The Kier molecular flexibility index (Phi) is 5.39. The van der Waals surface area contributed by atoms with Gasteiger partial charge < -0.3 is 15.8 Å². The van der Waals surface area contributed by atoms with Gasteiger partial charge in [0.15, 0.2) is 12.4 Å². The first-order valence-electron chi connectivity index (χ1n) is 8.14. The Morgan fingerprint density at radius 3 is 2.42 bits per heavy atom. The van der Waals surface area contributed by atoms with Gasteiger partial charge >= 0.3 is 0 Å². The molecule has 3 rings (SSSR count). The number of aromatic nitrogens is 1. The van der Waals surface area contributed by atoms with E-state index in [9.17, 15) is 10.0 Å². The van der Waals surface area contributed by atoms with Crippen molar-refractivity contribution in [2.75, 3.05) is 10.6 Å². The lowest BCUT2D eigenvalue weighted by Gasteiger charge is -2.17. The third-order valence-electron chi connectivity index (χ3n) is 3.96. The van der Waals surface area contributed by atoms with Crippen LogP contribution in [0.5, 0.6) is 0 Å². The first-order chi connectivity index (χ1) is 12.5. The summed E-state index contributed by atoms with van der Waals surface area (Å²) in [6.45, 7) is 2.05. The molecule has 0 bridgehead atoms. The molecule has 0 aliphatic rings. The van der Waals surface area contributed by atoms with Gasteiger partial charge in [-0.2, -0.15) is 4.73 Å². The van der Waals surface area contributed by atoms with Crippen LogP contribution in [0.4, 0.5) is 11.4 Å². The topological polar surface area (TPSA) is 68.1 Å². The van der Waals surface area contributed by atoms with Crippen LogP contribution in [0.15, 0.2) is 73.1 Å². The second kappa shape index (κ2) is 7.89. The summed E-state index contributed by atoms with van der Waals surface area (Å²) in [5.74, 6) is -0.306. The van der Waals surface area contributed by atoms with Gasteiger partial charge in [-0.25, -0.2) is 0 Å². The molecule has 0 saturated heterocycles. The summed E-state index contributed by atoms with van der Waals surface area (Å²) in [7, 11) is 0. The zero-order valence-electron chi connectivity index (χ0n) is 14.1. The standard InChI is InChI=1S/C20H18ClN3O2/c1-14(15-5-3-2-4-6-15)22-19-8-7-17(13-18(19)21)23-20(25)16-9-11-24(26)12-10-16/h2-14,22H,1H3,(H,23,25). The first-order valence-corrected chi connectivity index (χ1v) is 8.52. The third-order valence-corrected chi connectivity index (χ3v) is 4.28. The van der Waals surface area contributed by atoms with E-state index in [1.165, 1.54) is 24.5 Å². The molecule has 5 nitrogen and oxygen atoms in total. The van der Waals surface area contributed by atoms with E-state index in [4.69, 9.17) is 11.6 Å². The Hall–Kier alpha value is -3.05. The van der Waals surface area contributed by atoms with E-state index >= 15 is 0 Å². The van der Waals surface area contributed by atoms with E-state index in [0.717, 1.165) is 11.3 Å². The highest BCUT2D eigenvalue weighted by Crippen LogP contribution is 2.29. The highest BCUT2D eigenvalue weighted by atomic mass is 35.5. The van der Waals surface area contributed by atoms with E-state index in [-0.39, 0.29) is 11.9 Å². The Bertz CT molecular complexity index is 899. The first kappa shape index (κ1) is 17.8. The van der Waals surface area contributed by atoms with Crippen molar-refractivity contribution in [2.24, 2.45) is 0 Å². The molecule has 132 valence electrons. The van der Waals surface area contributed by atoms with Crippen LogP contribution in [0.1, 0.15) is 28.9 Å². The van der Waals surface area contributed by atoms with Crippen molar-refractivity contribution >= 4 is 28.9 Å². The van der Waals surface area contributed by atoms with Crippen LogP contribution in [0.3, 0.4) is 0 Å². The minimum Gasteiger partial charge on any atom is -0.619 e. The summed E-state index contributed by atoms with van der Waals surface area (Å²) in [5, 5.41) is 17.7. The quantitative estimate of drug-likeness (QED) is 0.518. The number of rotatable bonds is 5. The zero-order valence-corrected chi connectivity index (χ0v) is 14.9. The average Bonchev–Trinajstić information content (AvgIpc) is 2.65. The highest BCUT2D eigenvalue weighted by Gasteiger charge is 2.11. The predicted molar refractivity (Wildman–Crippen MR) is 103 cm³/mol. The lowest BCUT2D eigenvalue weighted by Crippen LogP contribution is -2.25. The molecule has 2 N–H and O–H groups in total. The van der Waals surface area contributed by atoms with Crippen LogP contribution in [-0.2, 0) is 0 Å². The largest absolute Gasteiger partial charge is 0.619 e. The predicted octanol–water partition coefficient (Wildman–Crippen LogP) is 4.40. The Labute approximate surface area is 156 Å². The van der Waals surface area contributed by atoms with Crippen molar-refractivity contribution in [3.63, 3.8) is 0 Å². The van der Waals surface area contributed by atoms with Gasteiger partial charge in [-0.05, 0) is 30.7 Å². The number of hydrogen-bond acceptors (Lipinski definition) is 3. The van der Waals surface area contributed by atoms with E-state index in [1.807, 2.05) is 36.4 Å². The summed E-state index contributed by atoms with van der Waals surface area (Å²) in [4.78, 5) is 12.2. The minimum absolute atomic E-state index is 0.0947. The van der Waals surface area contributed by atoms with Gasteiger partial charge in [-0.15, -0.1) is 0 Å². The fourth-order valence-electron chi connectivity index (χ4n) is 2.54. The smallest absolute Gasteiger partial charge is 0.256 e. The lowest BCUT2D eigenvalue weighted by atomic mass is 10.1.